The molecule has 0 radical (unpaired) electrons. The summed E-state index contributed by atoms with van der Waals surface area (Å²) in [7, 11) is 0. The molecular formula is C10H14ClN3OS. The van der Waals surface area contributed by atoms with Crippen LogP contribution < -0.4 is 5.32 Å². The molecule has 1 rings (SSSR count). The molecule has 88 valence electrons. The Morgan fingerprint density at radius 2 is 2.44 bits per heavy atom. The number of aliphatic hydroxyl groups excluding tert-OH is 1. The summed E-state index contributed by atoms with van der Waals surface area (Å²) in [6, 6.07) is 2.02. The van der Waals surface area contributed by atoms with E-state index in [0.717, 1.165) is 19.4 Å². The highest BCUT2D eigenvalue weighted by Gasteiger charge is 2.13. The highest BCUT2D eigenvalue weighted by atomic mass is 35.5. The summed E-state index contributed by atoms with van der Waals surface area (Å²) < 4.78 is 3.91. The van der Waals surface area contributed by atoms with Gasteiger partial charge in [0.15, 0.2) is 5.15 Å². The molecule has 0 amide bonds. The number of aliphatic hydroxyl groups is 1. The van der Waals surface area contributed by atoms with E-state index in [1.807, 2.05) is 6.07 Å². The Kier molecular flexibility index (Phi) is 5.53. The maximum Gasteiger partial charge on any atom is 0.162 e. The van der Waals surface area contributed by atoms with Crippen molar-refractivity contribution in [2.45, 2.75) is 19.8 Å². The van der Waals surface area contributed by atoms with Gasteiger partial charge in [-0.1, -0.05) is 24.9 Å². The van der Waals surface area contributed by atoms with Crippen LogP contribution in [0.1, 0.15) is 25.3 Å². The minimum absolute atomic E-state index is 0.189. The van der Waals surface area contributed by atoms with Crippen LogP contribution in [0.4, 0.5) is 5.00 Å². The number of aromatic nitrogens is 1. The smallest absolute Gasteiger partial charge is 0.162 e. The van der Waals surface area contributed by atoms with Gasteiger partial charge in [0, 0.05) is 13.2 Å². The summed E-state index contributed by atoms with van der Waals surface area (Å²) in [5.74, 6) is 0.400. The normalized spacial score (nSPS) is 12.1. The Bertz CT molecular complexity index is 375. The van der Waals surface area contributed by atoms with E-state index in [0.29, 0.717) is 16.5 Å². The summed E-state index contributed by atoms with van der Waals surface area (Å²) in [6.07, 6.45) is 1.75. The largest absolute Gasteiger partial charge is 0.396 e. The molecule has 0 aliphatic rings. The minimum Gasteiger partial charge on any atom is -0.396 e. The second kappa shape index (κ2) is 6.69. The lowest BCUT2D eigenvalue weighted by Crippen LogP contribution is -2.14. The van der Waals surface area contributed by atoms with Gasteiger partial charge >= 0.3 is 0 Å². The Labute approximate surface area is 104 Å². The van der Waals surface area contributed by atoms with Crippen molar-refractivity contribution < 1.29 is 5.11 Å². The van der Waals surface area contributed by atoms with E-state index in [1.165, 1.54) is 11.5 Å². The first-order valence-corrected chi connectivity index (χ1v) is 6.28. The Hall–Kier alpha value is -0.830. The molecule has 16 heavy (non-hydrogen) atoms. The molecule has 0 spiro atoms. The molecule has 0 aliphatic heterocycles. The third-order valence-corrected chi connectivity index (χ3v) is 3.61. The number of nitrogens with zero attached hydrogens (tertiary/aromatic N) is 2. The molecule has 0 aromatic carbocycles. The van der Waals surface area contributed by atoms with Gasteiger partial charge in [-0.15, -0.1) is 0 Å². The van der Waals surface area contributed by atoms with Crippen LogP contribution in [-0.2, 0) is 0 Å². The molecule has 0 unspecified atom stereocenters. The lowest BCUT2D eigenvalue weighted by atomic mass is 10.0. The maximum absolute atomic E-state index is 8.87. The van der Waals surface area contributed by atoms with Gasteiger partial charge in [0.25, 0.3) is 0 Å². The molecule has 1 heterocycles. The van der Waals surface area contributed by atoms with Crippen molar-refractivity contribution in [1.29, 1.82) is 5.26 Å². The van der Waals surface area contributed by atoms with Gasteiger partial charge < -0.3 is 10.4 Å². The van der Waals surface area contributed by atoms with Crippen LogP contribution >= 0.6 is 23.1 Å². The van der Waals surface area contributed by atoms with E-state index in [-0.39, 0.29) is 11.8 Å². The van der Waals surface area contributed by atoms with Gasteiger partial charge in [-0.25, -0.2) is 0 Å². The molecule has 0 saturated heterocycles. The molecule has 2 N–H and O–H groups in total. The van der Waals surface area contributed by atoms with Gasteiger partial charge in [0.1, 0.15) is 16.6 Å². The van der Waals surface area contributed by atoms with Crippen LogP contribution in [0.25, 0.3) is 0 Å². The first-order chi connectivity index (χ1) is 7.72. The van der Waals surface area contributed by atoms with Crippen molar-refractivity contribution in [3.05, 3.63) is 10.7 Å². The van der Waals surface area contributed by atoms with E-state index >= 15 is 0 Å². The summed E-state index contributed by atoms with van der Waals surface area (Å²) >= 11 is 6.95. The van der Waals surface area contributed by atoms with Gasteiger partial charge in [-0.2, -0.15) is 9.64 Å². The van der Waals surface area contributed by atoms with Crippen molar-refractivity contribution in [3.63, 3.8) is 0 Å². The van der Waals surface area contributed by atoms with Crippen LogP contribution in [-0.4, -0.2) is 22.6 Å². The van der Waals surface area contributed by atoms with Crippen molar-refractivity contribution in [2.75, 3.05) is 18.5 Å². The van der Waals surface area contributed by atoms with Crippen molar-refractivity contribution in [2.24, 2.45) is 5.92 Å². The third-order valence-electron chi connectivity index (χ3n) is 2.43. The zero-order chi connectivity index (χ0) is 12.0. The molecular weight excluding hydrogens is 246 g/mol. The van der Waals surface area contributed by atoms with Crippen LogP contribution in [0.5, 0.6) is 0 Å². The topological polar surface area (TPSA) is 68.9 Å². The highest BCUT2D eigenvalue weighted by molar-refractivity contribution is 7.10. The fourth-order valence-electron chi connectivity index (χ4n) is 1.36. The van der Waals surface area contributed by atoms with Crippen LogP contribution in [0.3, 0.4) is 0 Å². The molecule has 1 aromatic heterocycles. The summed E-state index contributed by atoms with van der Waals surface area (Å²) in [5, 5.41) is 21.9. The third kappa shape index (κ3) is 3.34. The van der Waals surface area contributed by atoms with Gasteiger partial charge in [-0.3, -0.25) is 0 Å². The highest BCUT2D eigenvalue weighted by Crippen LogP contribution is 2.27. The number of hydrogen-bond donors (Lipinski definition) is 2. The summed E-state index contributed by atoms with van der Waals surface area (Å²) in [5.41, 5.74) is 0.408. The fraction of sp³-hybridized carbons (Fsp3) is 0.600. The predicted molar refractivity (Wildman–Crippen MR) is 65.8 cm³/mol. The summed E-state index contributed by atoms with van der Waals surface area (Å²) in [6.45, 7) is 2.99. The average molecular weight is 260 g/mol. The quantitative estimate of drug-likeness (QED) is 0.824. The number of halogens is 1. The Morgan fingerprint density at radius 3 is 3.00 bits per heavy atom. The van der Waals surface area contributed by atoms with Gasteiger partial charge in [0.05, 0.1) is 0 Å². The molecule has 0 fully saturated rings. The first-order valence-electron chi connectivity index (χ1n) is 5.12. The van der Waals surface area contributed by atoms with E-state index in [2.05, 4.69) is 16.6 Å². The number of nitrogens with one attached hydrogen (secondary N) is 1. The number of rotatable bonds is 6. The molecule has 0 bridgehead atoms. The number of anilines is 1. The second-order valence-electron chi connectivity index (χ2n) is 3.46. The standard InChI is InChI=1S/C10H14ClN3OS/c1-2-7(3-4-15)6-13-10-8(5-12)9(11)14-16-10/h7,13,15H,2-4,6H2,1H3/t7-/m0/s1. The zero-order valence-electron chi connectivity index (χ0n) is 9.03. The molecule has 6 heteroatoms. The molecule has 1 aromatic rings. The van der Waals surface area contributed by atoms with Gasteiger partial charge in [0.2, 0.25) is 0 Å². The van der Waals surface area contributed by atoms with Crippen molar-refractivity contribution >= 4 is 28.1 Å². The van der Waals surface area contributed by atoms with Crippen LogP contribution in [0, 0.1) is 17.2 Å². The molecule has 4 nitrogen and oxygen atoms in total. The van der Waals surface area contributed by atoms with E-state index in [9.17, 15) is 0 Å². The van der Waals surface area contributed by atoms with E-state index < -0.39 is 0 Å². The minimum atomic E-state index is 0.189. The number of hydrogen-bond acceptors (Lipinski definition) is 5. The maximum atomic E-state index is 8.87. The molecule has 0 saturated carbocycles. The number of nitriles is 1. The monoisotopic (exact) mass is 259 g/mol. The molecule has 1 atom stereocenters. The van der Waals surface area contributed by atoms with Crippen LogP contribution in [0.2, 0.25) is 5.15 Å². The van der Waals surface area contributed by atoms with Gasteiger partial charge in [-0.05, 0) is 23.9 Å². The molecule has 0 aliphatic carbocycles. The lowest BCUT2D eigenvalue weighted by molar-refractivity contribution is 0.258. The fourth-order valence-corrected chi connectivity index (χ4v) is 2.30. The predicted octanol–water partition coefficient (Wildman–Crippen LogP) is 2.49. The second-order valence-corrected chi connectivity index (χ2v) is 4.59. The van der Waals surface area contributed by atoms with E-state index in [1.54, 1.807) is 0 Å². The summed E-state index contributed by atoms with van der Waals surface area (Å²) in [4.78, 5) is 0. The lowest BCUT2D eigenvalue weighted by Gasteiger charge is -2.13. The van der Waals surface area contributed by atoms with Crippen LogP contribution in [0.15, 0.2) is 0 Å². The average Bonchev–Trinajstić information content (AvgIpc) is 2.65. The van der Waals surface area contributed by atoms with E-state index in [4.69, 9.17) is 22.0 Å². The van der Waals surface area contributed by atoms with Crippen molar-refractivity contribution in [3.8, 4) is 6.07 Å². The Balaban J connectivity index is 2.57. The Morgan fingerprint density at radius 1 is 1.69 bits per heavy atom. The zero-order valence-corrected chi connectivity index (χ0v) is 10.6. The SMILES string of the molecule is CC[C@@H](CCO)CNc1snc(Cl)c1C#N. The van der Waals surface area contributed by atoms with Crippen molar-refractivity contribution in [1.82, 2.24) is 4.37 Å². The first kappa shape index (κ1) is 13.2.